The Morgan fingerprint density at radius 2 is 1.96 bits per heavy atom. The first kappa shape index (κ1) is 17.9. The lowest BCUT2D eigenvalue weighted by Gasteiger charge is -2.29. The predicted octanol–water partition coefficient (Wildman–Crippen LogP) is 3.38. The SMILES string of the molecule is CC1CCCN(C(=O)c2nc(-c3ccnc(N4CCCCCC4)c3)no2)C1. The van der Waals surface area contributed by atoms with Gasteiger partial charge in [-0.3, -0.25) is 4.79 Å². The van der Waals surface area contributed by atoms with Crippen molar-refractivity contribution in [2.24, 2.45) is 5.92 Å². The number of likely N-dealkylation sites (tertiary alicyclic amines) is 1. The van der Waals surface area contributed by atoms with Gasteiger partial charge in [-0.1, -0.05) is 24.9 Å². The molecule has 0 bridgehead atoms. The molecule has 0 N–H and O–H groups in total. The van der Waals surface area contributed by atoms with E-state index in [-0.39, 0.29) is 11.8 Å². The zero-order valence-electron chi connectivity index (χ0n) is 15.9. The van der Waals surface area contributed by atoms with Crippen molar-refractivity contribution in [1.29, 1.82) is 0 Å². The number of pyridine rings is 1. The highest BCUT2D eigenvalue weighted by molar-refractivity contribution is 5.90. The summed E-state index contributed by atoms with van der Waals surface area (Å²) in [5.74, 6) is 1.81. The molecule has 2 aromatic rings. The third-order valence-electron chi connectivity index (χ3n) is 5.49. The number of carbonyl (C=O) groups is 1. The van der Waals surface area contributed by atoms with Crippen LogP contribution in [-0.2, 0) is 0 Å². The Labute approximate surface area is 159 Å². The third-order valence-corrected chi connectivity index (χ3v) is 5.49. The minimum Gasteiger partial charge on any atom is -0.357 e. The Kier molecular flexibility index (Phi) is 5.36. The second kappa shape index (κ2) is 8.06. The van der Waals surface area contributed by atoms with Gasteiger partial charge in [0, 0.05) is 37.9 Å². The molecule has 7 heteroatoms. The standard InChI is InChI=1S/C20H27N5O2/c1-15-7-6-12-25(14-15)20(26)19-22-18(23-27-19)16-8-9-21-17(13-16)24-10-4-2-3-5-11-24/h8-9,13,15H,2-7,10-12,14H2,1H3. The number of nitrogens with zero attached hydrogens (tertiary/aromatic N) is 5. The van der Waals surface area contributed by atoms with E-state index in [9.17, 15) is 4.79 Å². The van der Waals surface area contributed by atoms with Gasteiger partial charge in [0.2, 0.25) is 5.82 Å². The molecule has 2 aromatic heterocycles. The fraction of sp³-hybridized carbons (Fsp3) is 0.600. The maximum Gasteiger partial charge on any atom is 0.316 e. The van der Waals surface area contributed by atoms with E-state index in [4.69, 9.17) is 4.52 Å². The Bertz CT molecular complexity index is 782. The van der Waals surface area contributed by atoms with Crippen molar-refractivity contribution >= 4 is 11.7 Å². The van der Waals surface area contributed by atoms with Gasteiger partial charge in [0.05, 0.1) is 0 Å². The highest BCUT2D eigenvalue weighted by Crippen LogP contribution is 2.24. The van der Waals surface area contributed by atoms with Crippen LogP contribution in [-0.4, -0.2) is 52.1 Å². The van der Waals surface area contributed by atoms with E-state index < -0.39 is 0 Å². The van der Waals surface area contributed by atoms with Gasteiger partial charge in [0.1, 0.15) is 5.82 Å². The molecule has 2 aliphatic rings. The van der Waals surface area contributed by atoms with Gasteiger partial charge in [0.15, 0.2) is 0 Å². The number of amides is 1. The van der Waals surface area contributed by atoms with Crippen LogP contribution in [0.25, 0.3) is 11.4 Å². The first-order valence-corrected chi connectivity index (χ1v) is 10.0. The molecular formula is C20H27N5O2. The number of carbonyl (C=O) groups excluding carboxylic acids is 1. The molecule has 4 rings (SSSR count). The summed E-state index contributed by atoms with van der Waals surface area (Å²) in [5.41, 5.74) is 0.832. The first-order valence-electron chi connectivity index (χ1n) is 10.0. The molecule has 0 spiro atoms. The monoisotopic (exact) mass is 369 g/mol. The fourth-order valence-corrected chi connectivity index (χ4v) is 3.97. The van der Waals surface area contributed by atoms with Crippen molar-refractivity contribution in [3.8, 4) is 11.4 Å². The topological polar surface area (TPSA) is 75.4 Å². The van der Waals surface area contributed by atoms with Crippen LogP contribution in [0, 0.1) is 5.92 Å². The molecule has 2 fully saturated rings. The summed E-state index contributed by atoms with van der Waals surface area (Å²) < 4.78 is 5.29. The Morgan fingerprint density at radius 1 is 1.15 bits per heavy atom. The molecule has 4 heterocycles. The van der Waals surface area contributed by atoms with Gasteiger partial charge < -0.3 is 14.3 Å². The van der Waals surface area contributed by atoms with Gasteiger partial charge >= 0.3 is 11.8 Å². The second-order valence-electron chi connectivity index (χ2n) is 7.73. The molecule has 1 amide bonds. The van der Waals surface area contributed by atoms with Crippen molar-refractivity contribution in [2.45, 2.75) is 45.4 Å². The zero-order chi connectivity index (χ0) is 18.6. The molecule has 1 unspecified atom stereocenters. The summed E-state index contributed by atoms with van der Waals surface area (Å²) in [4.78, 5) is 25.7. The number of aromatic nitrogens is 3. The summed E-state index contributed by atoms with van der Waals surface area (Å²) in [6.45, 7) is 5.74. The van der Waals surface area contributed by atoms with Crippen molar-refractivity contribution in [3.63, 3.8) is 0 Å². The van der Waals surface area contributed by atoms with Crippen molar-refractivity contribution < 1.29 is 9.32 Å². The third kappa shape index (κ3) is 4.12. The lowest BCUT2D eigenvalue weighted by atomic mass is 10.0. The number of piperidine rings is 1. The van der Waals surface area contributed by atoms with Crippen LogP contribution in [0.5, 0.6) is 0 Å². The Balaban J connectivity index is 1.51. The average molecular weight is 369 g/mol. The van der Waals surface area contributed by atoms with E-state index in [0.29, 0.717) is 11.7 Å². The van der Waals surface area contributed by atoms with Crippen LogP contribution >= 0.6 is 0 Å². The van der Waals surface area contributed by atoms with Crippen molar-refractivity contribution in [2.75, 3.05) is 31.1 Å². The van der Waals surface area contributed by atoms with E-state index in [1.165, 1.54) is 25.7 Å². The summed E-state index contributed by atoms with van der Waals surface area (Å²) in [5, 5.41) is 4.05. The van der Waals surface area contributed by atoms with Crippen LogP contribution in [0.1, 0.15) is 56.1 Å². The first-order chi connectivity index (χ1) is 13.2. The van der Waals surface area contributed by atoms with Crippen LogP contribution in [0.15, 0.2) is 22.9 Å². The number of rotatable bonds is 3. The lowest BCUT2D eigenvalue weighted by molar-refractivity contribution is 0.0633. The molecule has 0 radical (unpaired) electrons. The second-order valence-corrected chi connectivity index (χ2v) is 7.73. The molecular weight excluding hydrogens is 342 g/mol. The van der Waals surface area contributed by atoms with Crippen LogP contribution in [0.4, 0.5) is 5.82 Å². The van der Waals surface area contributed by atoms with Gasteiger partial charge in [-0.25, -0.2) is 4.98 Å². The molecule has 2 saturated heterocycles. The van der Waals surface area contributed by atoms with E-state index in [2.05, 4.69) is 26.9 Å². The molecule has 27 heavy (non-hydrogen) atoms. The Morgan fingerprint density at radius 3 is 2.74 bits per heavy atom. The highest BCUT2D eigenvalue weighted by Gasteiger charge is 2.26. The number of hydrogen-bond donors (Lipinski definition) is 0. The molecule has 144 valence electrons. The average Bonchev–Trinajstić information content (AvgIpc) is 3.03. The summed E-state index contributed by atoms with van der Waals surface area (Å²) in [7, 11) is 0. The zero-order valence-corrected chi connectivity index (χ0v) is 15.9. The molecule has 2 aliphatic heterocycles. The molecule has 7 nitrogen and oxygen atoms in total. The van der Waals surface area contributed by atoms with Gasteiger partial charge in [0.25, 0.3) is 0 Å². The summed E-state index contributed by atoms with van der Waals surface area (Å²) >= 11 is 0. The van der Waals surface area contributed by atoms with Crippen LogP contribution < -0.4 is 4.90 Å². The van der Waals surface area contributed by atoms with E-state index >= 15 is 0 Å². The minimum atomic E-state index is -0.165. The number of hydrogen-bond acceptors (Lipinski definition) is 6. The van der Waals surface area contributed by atoms with Gasteiger partial charge in [-0.15, -0.1) is 0 Å². The summed E-state index contributed by atoms with van der Waals surface area (Å²) in [6.07, 6.45) is 8.91. The minimum absolute atomic E-state index is 0.0761. The summed E-state index contributed by atoms with van der Waals surface area (Å²) in [6, 6.07) is 3.86. The van der Waals surface area contributed by atoms with Gasteiger partial charge in [-0.2, -0.15) is 4.98 Å². The lowest BCUT2D eigenvalue weighted by Crippen LogP contribution is -2.39. The molecule has 0 saturated carbocycles. The Hall–Kier alpha value is -2.44. The number of anilines is 1. The smallest absolute Gasteiger partial charge is 0.316 e. The molecule has 0 aliphatic carbocycles. The van der Waals surface area contributed by atoms with Crippen molar-refractivity contribution in [1.82, 2.24) is 20.0 Å². The molecule has 0 aromatic carbocycles. The fourth-order valence-electron chi connectivity index (χ4n) is 3.97. The predicted molar refractivity (Wildman–Crippen MR) is 103 cm³/mol. The highest BCUT2D eigenvalue weighted by atomic mass is 16.5. The normalized spacial score (nSPS) is 21.1. The van der Waals surface area contributed by atoms with Gasteiger partial charge in [-0.05, 0) is 43.7 Å². The van der Waals surface area contributed by atoms with Crippen LogP contribution in [0.3, 0.4) is 0 Å². The van der Waals surface area contributed by atoms with Crippen LogP contribution in [0.2, 0.25) is 0 Å². The quantitative estimate of drug-likeness (QED) is 0.825. The maximum absolute atomic E-state index is 12.7. The van der Waals surface area contributed by atoms with E-state index in [1.54, 1.807) is 6.20 Å². The van der Waals surface area contributed by atoms with E-state index in [1.807, 2.05) is 17.0 Å². The van der Waals surface area contributed by atoms with Crippen molar-refractivity contribution in [3.05, 3.63) is 24.2 Å². The largest absolute Gasteiger partial charge is 0.357 e. The molecule has 1 atom stereocenters. The van der Waals surface area contributed by atoms with E-state index in [0.717, 1.165) is 50.4 Å². The maximum atomic E-state index is 12.7.